The van der Waals surface area contributed by atoms with Crippen molar-refractivity contribution < 1.29 is 9.53 Å². The second-order valence-corrected chi connectivity index (χ2v) is 3.95. The number of benzene rings is 1. The molecule has 0 radical (unpaired) electrons. The number of nitrogens with zero attached hydrogens (tertiary/aromatic N) is 2. The zero-order valence-electron chi connectivity index (χ0n) is 10.8. The number of amides is 1. The van der Waals surface area contributed by atoms with Gasteiger partial charge in [-0.15, -0.1) is 0 Å². The molecule has 0 spiro atoms. The summed E-state index contributed by atoms with van der Waals surface area (Å²) in [6.07, 6.45) is 1.34. The molecule has 1 aromatic heterocycles. The molecule has 6 heteroatoms. The van der Waals surface area contributed by atoms with Gasteiger partial charge in [0.25, 0.3) is 5.91 Å². The van der Waals surface area contributed by atoms with Crippen LogP contribution in [0.4, 0.5) is 11.4 Å². The number of anilines is 2. The van der Waals surface area contributed by atoms with Crippen molar-refractivity contribution in [1.82, 2.24) is 4.98 Å². The van der Waals surface area contributed by atoms with E-state index in [9.17, 15) is 4.79 Å². The molecule has 1 heterocycles. The highest BCUT2D eigenvalue weighted by Gasteiger charge is 2.10. The predicted octanol–water partition coefficient (Wildman–Crippen LogP) is 1.80. The minimum absolute atomic E-state index is 0.200. The number of aromatic nitrogens is 1. The average Bonchev–Trinajstić information content (AvgIpc) is 2.49. The van der Waals surface area contributed by atoms with E-state index in [0.717, 1.165) is 0 Å². The van der Waals surface area contributed by atoms with E-state index in [1.165, 1.54) is 25.4 Å². The van der Waals surface area contributed by atoms with Crippen LogP contribution in [0.3, 0.4) is 0 Å². The van der Waals surface area contributed by atoms with Crippen LogP contribution in [-0.4, -0.2) is 18.0 Å². The van der Waals surface area contributed by atoms with Gasteiger partial charge in [-0.1, -0.05) is 0 Å². The Bertz CT molecular complexity index is 675. The molecule has 100 valence electrons. The van der Waals surface area contributed by atoms with Crippen molar-refractivity contribution in [3.8, 4) is 11.8 Å². The summed E-state index contributed by atoms with van der Waals surface area (Å²) in [5, 5.41) is 11.3. The summed E-state index contributed by atoms with van der Waals surface area (Å²) in [5.74, 6) is 0.178. The Balaban J connectivity index is 2.20. The number of nitrogen functional groups attached to an aromatic ring is 1. The van der Waals surface area contributed by atoms with Crippen molar-refractivity contribution in [1.29, 1.82) is 5.26 Å². The van der Waals surface area contributed by atoms with Crippen molar-refractivity contribution in [3.63, 3.8) is 0 Å². The Hall–Kier alpha value is -3.07. The fraction of sp³-hybridized carbons (Fsp3) is 0.0714. The van der Waals surface area contributed by atoms with Gasteiger partial charge in [0.1, 0.15) is 17.5 Å². The fourth-order valence-electron chi connectivity index (χ4n) is 1.55. The molecule has 0 atom stereocenters. The maximum absolute atomic E-state index is 12.0. The number of methoxy groups -OCH3 is 1. The molecule has 0 aliphatic rings. The van der Waals surface area contributed by atoms with Gasteiger partial charge in [0.05, 0.1) is 24.0 Å². The van der Waals surface area contributed by atoms with Crippen LogP contribution < -0.4 is 15.8 Å². The minimum Gasteiger partial charge on any atom is -0.497 e. The molecule has 2 aromatic rings. The Labute approximate surface area is 115 Å². The zero-order chi connectivity index (χ0) is 14.5. The van der Waals surface area contributed by atoms with Crippen molar-refractivity contribution in [3.05, 3.63) is 47.8 Å². The van der Waals surface area contributed by atoms with Gasteiger partial charge in [-0.05, 0) is 24.3 Å². The molecule has 2 rings (SSSR count). The van der Waals surface area contributed by atoms with Gasteiger partial charge in [0.15, 0.2) is 0 Å². The number of nitrogens with one attached hydrogen (secondary N) is 1. The van der Waals surface area contributed by atoms with Gasteiger partial charge in [-0.3, -0.25) is 4.79 Å². The van der Waals surface area contributed by atoms with Crippen LogP contribution in [0.1, 0.15) is 16.1 Å². The van der Waals surface area contributed by atoms with E-state index in [1.807, 2.05) is 6.07 Å². The third kappa shape index (κ3) is 2.84. The maximum atomic E-state index is 12.0. The summed E-state index contributed by atoms with van der Waals surface area (Å²) >= 11 is 0. The highest BCUT2D eigenvalue weighted by molar-refractivity contribution is 6.04. The Kier molecular flexibility index (Phi) is 3.82. The van der Waals surface area contributed by atoms with Crippen molar-refractivity contribution in [2.45, 2.75) is 0 Å². The number of pyridine rings is 1. The first kappa shape index (κ1) is 13.4. The SMILES string of the molecule is COc1ccc(N)c(NC(=O)c2ccc(C#N)cn2)c1. The van der Waals surface area contributed by atoms with Crippen molar-refractivity contribution in [2.24, 2.45) is 0 Å². The maximum Gasteiger partial charge on any atom is 0.274 e. The third-order valence-corrected chi connectivity index (χ3v) is 2.63. The molecule has 20 heavy (non-hydrogen) atoms. The van der Waals surface area contributed by atoms with E-state index >= 15 is 0 Å². The molecule has 3 N–H and O–H groups in total. The van der Waals surface area contributed by atoms with Crippen LogP contribution in [0.5, 0.6) is 5.75 Å². The number of hydrogen-bond acceptors (Lipinski definition) is 5. The van der Waals surface area contributed by atoms with Crippen LogP contribution >= 0.6 is 0 Å². The van der Waals surface area contributed by atoms with Crippen LogP contribution in [0.15, 0.2) is 36.5 Å². The lowest BCUT2D eigenvalue weighted by Crippen LogP contribution is -2.14. The molecule has 0 fully saturated rings. The van der Waals surface area contributed by atoms with Crippen LogP contribution in [0, 0.1) is 11.3 Å². The molecule has 6 nitrogen and oxygen atoms in total. The number of rotatable bonds is 3. The third-order valence-electron chi connectivity index (χ3n) is 2.63. The second-order valence-electron chi connectivity index (χ2n) is 3.95. The molecule has 0 saturated carbocycles. The summed E-state index contributed by atoms with van der Waals surface area (Å²) in [4.78, 5) is 15.9. The quantitative estimate of drug-likeness (QED) is 0.826. The van der Waals surface area contributed by atoms with E-state index in [1.54, 1.807) is 18.2 Å². The number of carbonyl (C=O) groups is 1. The van der Waals surface area contributed by atoms with E-state index < -0.39 is 5.91 Å². The van der Waals surface area contributed by atoms with Gasteiger partial charge < -0.3 is 15.8 Å². The first-order valence-electron chi connectivity index (χ1n) is 5.75. The summed E-state index contributed by atoms with van der Waals surface area (Å²) in [6, 6.07) is 9.90. The smallest absolute Gasteiger partial charge is 0.274 e. The molecule has 0 aliphatic heterocycles. The second kappa shape index (κ2) is 5.71. The normalized spacial score (nSPS) is 9.60. The number of carbonyl (C=O) groups excluding carboxylic acids is 1. The number of nitriles is 1. The standard InChI is InChI=1S/C14H12N4O2/c1-20-10-3-4-11(16)13(6-10)18-14(19)12-5-2-9(7-15)8-17-12/h2-6,8H,16H2,1H3,(H,18,19). The van der Waals surface area contributed by atoms with E-state index in [4.69, 9.17) is 15.7 Å². The summed E-state index contributed by atoms with van der Waals surface area (Å²) < 4.78 is 5.07. The monoisotopic (exact) mass is 268 g/mol. The molecule has 0 aliphatic carbocycles. The highest BCUT2D eigenvalue weighted by atomic mass is 16.5. The molecule has 0 bridgehead atoms. The lowest BCUT2D eigenvalue weighted by molar-refractivity contribution is 0.102. The minimum atomic E-state index is -0.408. The highest BCUT2D eigenvalue weighted by Crippen LogP contribution is 2.24. The van der Waals surface area contributed by atoms with Gasteiger partial charge in [0, 0.05) is 12.3 Å². The summed E-state index contributed by atoms with van der Waals surface area (Å²) in [5.41, 5.74) is 7.24. The number of nitrogens with two attached hydrogens (primary N) is 1. The van der Waals surface area contributed by atoms with Crippen LogP contribution in [-0.2, 0) is 0 Å². The first-order chi connectivity index (χ1) is 9.63. The van der Waals surface area contributed by atoms with Crippen molar-refractivity contribution in [2.75, 3.05) is 18.2 Å². The number of ether oxygens (including phenoxy) is 1. The lowest BCUT2D eigenvalue weighted by Gasteiger charge is -2.09. The fourth-order valence-corrected chi connectivity index (χ4v) is 1.55. The number of hydrogen-bond donors (Lipinski definition) is 2. The average molecular weight is 268 g/mol. The largest absolute Gasteiger partial charge is 0.497 e. The molecule has 0 saturated heterocycles. The molecule has 1 amide bonds. The molecule has 0 unspecified atom stereocenters. The molecular weight excluding hydrogens is 256 g/mol. The first-order valence-corrected chi connectivity index (χ1v) is 5.75. The van der Waals surface area contributed by atoms with Crippen molar-refractivity contribution >= 4 is 17.3 Å². The van der Waals surface area contributed by atoms with E-state index in [0.29, 0.717) is 22.7 Å². The Morgan fingerprint density at radius 3 is 2.80 bits per heavy atom. The summed E-state index contributed by atoms with van der Waals surface area (Å²) in [7, 11) is 1.53. The van der Waals surface area contributed by atoms with E-state index in [2.05, 4.69) is 10.3 Å². The predicted molar refractivity (Wildman–Crippen MR) is 74.3 cm³/mol. The molecular formula is C14H12N4O2. The Morgan fingerprint density at radius 1 is 1.40 bits per heavy atom. The van der Waals surface area contributed by atoms with Crippen LogP contribution in [0.2, 0.25) is 0 Å². The summed E-state index contributed by atoms with van der Waals surface area (Å²) in [6.45, 7) is 0. The van der Waals surface area contributed by atoms with Gasteiger partial charge in [-0.2, -0.15) is 5.26 Å². The van der Waals surface area contributed by atoms with Crippen LogP contribution in [0.25, 0.3) is 0 Å². The van der Waals surface area contributed by atoms with Gasteiger partial charge in [-0.25, -0.2) is 4.98 Å². The topological polar surface area (TPSA) is 101 Å². The van der Waals surface area contributed by atoms with Gasteiger partial charge in [0.2, 0.25) is 0 Å². The zero-order valence-corrected chi connectivity index (χ0v) is 10.8. The molecule has 1 aromatic carbocycles. The van der Waals surface area contributed by atoms with Gasteiger partial charge >= 0.3 is 0 Å². The Morgan fingerprint density at radius 2 is 2.20 bits per heavy atom. The lowest BCUT2D eigenvalue weighted by atomic mass is 10.2. The van der Waals surface area contributed by atoms with E-state index in [-0.39, 0.29) is 5.69 Å².